The van der Waals surface area contributed by atoms with Gasteiger partial charge in [0.1, 0.15) is 5.82 Å². The van der Waals surface area contributed by atoms with Gasteiger partial charge in [0.2, 0.25) is 0 Å². The van der Waals surface area contributed by atoms with E-state index in [1.165, 1.54) is 0 Å². The number of carbonyl (C=O) groups excluding carboxylic acids is 1. The number of hydrogen-bond acceptors (Lipinski definition) is 4. The van der Waals surface area contributed by atoms with Crippen molar-refractivity contribution in [2.75, 3.05) is 5.32 Å². The van der Waals surface area contributed by atoms with Crippen molar-refractivity contribution in [2.45, 2.75) is 51.2 Å². The number of rotatable bonds is 3. The first-order chi connectivity index (χ1) is 9.19. The molecule has 1 fully saturated rings. The van der Waals surface area contributed by atoms with Gasteiger partial charge in [0.15, 0.2) is 0 Å². The number of aliphatic hydroxyl groups excluding tert-OH is 1. The number of aliphatic hydroxyl groups is 1. The highest BCUT2D eigenvalue weighted by Gasteiger charge is 2.24. The van der Waals surface area contributed by atoms with E-state index in [1.807, 2.05) is 6.92 Å². The van der Waals surface area contributed by atoms with Crippen molar-refractivity contribution in [1.82, 2.24) is 15.3 Å². The number of nitrogens with zero attached hydrogens (tertiary/aromatic N) is 2. The summed E-state index contributed by atoms with van der Waals surface area (Å²) in [4.78, 5) is 20.0. The lowest BCUT2D eigenvalue weighted by molar-refractivity contribution is 0.0955. The van der Waals surface area contributed by atoms with Crippen LogP contribution < -0.4 is 10.6 Å². The topological polar surface area (TPSA) is 87.1 Å². The van der Waals surface area contributed by atoms with E-state index >= 15 is 0 Å². The molecule has 1 aliphatic carbocycles. The SMILES string of the molecule is CCc1ncc(NC(=O)N[C@@H]2CCCC[C@H]2O)cn1. The van der Waals surface area contributed by atoms with E-state index < -0.39 is 6.10 Å². The lowest BCUT2D eigenvalue weighted by Crippen LogP contribution is -2.46. The van der Waals surface area contributed by atoms with E-state index in [2.05, 4.69) is 20.6 Å². The van der Waals surface area contributed by atoms with Crippen molar-refractivity contribution in [3.63, 3.8) is 0 Å². The molecule has 104 valence electrons. The van der Waals surface area contributed by atoms with Gasteiger partial charge < -0.3 is 15.7 Å². The number of nitrogens with one attached hydrogen (secondary N) is 2. The molecule has 1 saturated carbocycles. The molecule has 0 unspecified atom stereocenters. The Balaban J connectivity index is 1.86. The van der Waals surface area contributed by atoms with Crippen molar-refractivity contribution in [3.05, 3.63) is 18.2 Å². The molecule has 0 aliphatic heterocycles. The summed E-state index contributed by atoms with van der Waals surface area (Å²) in [6.07, 6.45) is 7.12. The van der Waals surface area contributed by atoms with Crippen molar-refractivity contribution in [1.29, 1.82) is 0 Å². The molecule has 1 aromatic heterocycles. The molecule has 0 spiro atoms. The number of amides is 2. The lowest BCUT2D eigenvalue weighted by Gasteiger charge is -2.28. The van der Waals surface area contributed by atoms with Crippen LogP contribution in [0.25, 0.3) is 0 Å². The smallest absolute Gasteiger partial charge is 0.319 e. The number of carbonyl (C=O) groups is 1. The van der Waals surface area contributed by atoms with Crippen LogP contribution in [-0.2, 0) is 6.42 Å². The van der Waals surface area contributed by atoms with Gasteiger partial charge >= 0.3 is 6.03 Å². The number of aromatic nitrogens is 2. The Morgan fingerprint density at radius 3 is 2.68 bits per heavy atom. The van der Waals surface area contributed by atoms with Crippen LogP contribution in [0.4, 0.5) is 10.5 Å². The highest BCUT2D eigenvalue weighted by Crippen LogP contribution is 2.18. The Morgan fingerprint density at radius 2 is 2.05 bits per heavy atom. The van der Waals surface area contributed by atoms with Gasteiger partial charge in [-0.1, -0.05) is 19.8 Å². The summed E-state index contributed by atoms with van der Waals surface area (Å²) in [5, 5.41) is 15.3. The summed E-state index contributed by atoms with van der Waals surface area (Å²) in [5.41, 5.74) is 0.556. The molecule has 6 heteroatoms. The summed E-state index contributed by atoms with van der Waals surface area (Å²) in [6.45, 7) is 1.97. The standard InChI is InChI=1S/C13H20N4O2/c1-2-12-14-7-9(8-15-12)16-13(19)17-10-5-3-4-6-11(10)18/h7-8,10-11,18H,2-6H2,1H3,(H2,16,17,19)/t10-,11-/m1/s1. The van der Waals surface area contributed by atoms with Crippen LogP contribution in [0.15, 0.2) is 12.4 Å². The molecule has 0 radical (unpaired) electrons. The summed E-state index contributed by atoms with van der Waals surface area (Å²) in [6, 6.07) is -0.483. The minimum absolute atomic E-state index is 0.162. The molecule has 0 bridgehead atoms. The number of urea groups is 1. The molecule has 1 heterocycles. The fourth-order valence-electron chi connectivity index (χ4n) is 2.22. The molecule has 0 saturated heterocycles. The van der Waals surface area contributed by atoms with E-state index in [1.54, 1.807) is 12.4 Å². The second-order valence-electron chi connectivity index (χ2n) is 4.80. The Morgan fingerprint density at radius 1 is 1.37 bits per heavy atom. The molecule has 2 atom stereocenters. The summed E-state index contributed by atoms with van der Waals surface area (Å²) in [5.74, 6) is 0.744. The largest absolute Gasteiger partial charge is 0.391 e. The molecule has 19 heavy (non-hydrogen) atoms. The van der Waals surface area contributed by atoms with Crippen LogP contribution >= 0.6 is 0 Å². The van der Waals surface area contributed by atoms with Crippen LogP contribution in [0.5, 0.6) is 0 Å². The maximum atomic E-state index is 11.8. The Kier molecular flexibility index (Phi) is 4.68. The van der Waals surface area contributed by atoms with Gasteiger partial charge in [-0.3, -0.25) is 0 Å². The highest BCUT2D eigenvalue weighted by atomic mass is 16.3. The van der Waals surface area contributed by atoms with Crippen LogP contribution in [0, 0.1) is 0 Å². The maximum Gasteiger partial charge on any atom is 0.319 e. The number of hydrogen-bond donors (Lipinski definition) is 3. The van der Waals surface area contributed by atoms with E-state index in [9.17, 15) is 9.90 Å². The minimum atomic E-state index is -0.446. The Labute approximate surface area is 112 Å². The fourth-order valence-corrected chi connectivity index (χ4v) is 2.22. The van der Waals surface area contributed by atoms with Crippen molar-refractivity contribution in [3.8, 4) is 0 Å². The third-order valence-corrected chi connectivity index (χ3v) is 3.33. The van der Waals surface area contributed by atoms with Crippen molar-refractivity contribution < 1.29 is 9.90 Å². The maximum absolute atomic E-state index is 11.8. The summed E-state index contributed by atoms with van der Waals surface area (Å²) in [7, 11) is 0. The molecule has 2 rings (SSSR count). The Hall–Kier alpha value is -1.69. The fraction of sp³-hybridized carbons (Fsp3) is 0.615. The third kappa shape index (κ3) is 3.89. The zero-order valence-corrected chi connectivity index (χ0v) is 11.1. The molecular weight excluding hydrogens is 244 g/mol. The Bertz CT molecular complexity index is 421. The van der Waals surface area contributed by atoms with E-state index in [0.29, 0.717) is 5.69 Å². The summed E-state index contributed by atoms with van der Waals surface area (Å²) >= 11 is 0. The first-order valence-corrected chi connectivity index (χ1v) is 6.75. The van der Waals surface area contributed by atoms with Crippen LogP contribution in [-0.4, -0.2) is 33.3 Å². The molecular formula is C13H20N4O2. The van der Waals surface area contributed by atoms with Gasteiger partial charge in [0.05, 0.1) is 30.2 Å². The average molecular weight is 264 g/mol. The molecule has 0 aromatic carbocycles. The van der Waals surface area contributed by atoms with Crippen LogP contribution in [0.1, 0.15) is 38.4 Å². The average Bonchev–Trinajstić information content (AvgIpc) is 2.42. The normalized spacial score (nSPS) is 22.8. The monoisotopic (exact) mass is 264 g/mol. The molecule has 3 N–H and O–H groups in total. The second-order valence-corrected chi connectivity index (χ2v) is 4.80. The first kappa shape index (κ1) is 13.7. The van der Waals surface area contributed by atoms with E-state index in [-0.39, 0.29) is 12.1 Å². The third-order valence-electron chi connectivity index (χ3n) is 3.33. The summed E-state index contributed by atoms with van der Waals surface area (Å²) < 4.78 is 0. The van der Waals surface area contributed by atoms with Crippen LogP contribution in [0.2, 0.25) is 0 Å². The first-order valence-electron chi connectivity index (χ1n) is 6.75. The van der Waals surface area contributed by atoms with Gasteiger partial charge in [0, 0.05) is 6.42 Å². The predicted octanol–water partition coefficient (Wildman–Crippen LogP) is 1.46. The molecule has 1 aliphatic rings. The minimum Gasteiger partial charge on any atom is -0.391 e. The predicted molar refractivity (Wildman–Crippen MR) is 71.8 cm³/mol. The van der Waals surface area contributed by atoms with Crippen LogP contribution in [0.3, 0.4) is 0 Å². The lowest BCUT2D eigenvalue weighted by atomic mass is 9.93. The van der Waals surface area contributed by atoms with Gasteiger partial charge in [-0.25, -0.2) is 14.8 Å². The molecule has 2 amide bonds. The van der Waals surface area contributed by atoms with E-state index in [0.717, 1.165) is 37.9 Å². The quantitative estimate of drug-likeness (QED) is 0.771. The van der Waals surface area contributed by atoms with Gasteiger partial charge in [-0.15, -0.1) is 0 Å². The van der Waals surface area contributed by atoms with Gasteiger partial charge in [-0.2, -0.15) is 0 Å². The zero-order valence-electron chi connectivity index (χ0n) is 11.1. The zero-order chi connectivity index (χ0) is 13.7. The second kappa shape index (κ2) is 6.47. The number of aryl methyl sites for hydroxylation is 1. The van der Waals surface area contributed by atoms with Gasteiger partial charge in [-0.05, 0) is 12.8 Å². The number of anilines is 1. The van der Waals surface area contributed by atoms with Crippen molar-refractivity contribution in [2.24, 2.45) is 0 Å². The molecule has 6 nitrogen and oxygen atoms in total. The molecule has 1 aromatic rings. The van der Waals surface area contributed by atoms with Crippen molar-refractivity contribution >= 4 is 11.7 Å². The highest BCUT2D eigenvalue weighted by molar-refractivity contribution is 5.89. The van der Waals surface area contributed by atoms with E-state index in [4.69, 9.17) is 0 Å². The van der Waals surface area contributed by atoms with Gasteiger partial charge in [0.25, 0.3) is 0 Å².